The molecule has 9 N–H and O–H groups in total. The third-order valence-electron chi connectivity index (χ3n) is 5.39. The minimum absolute atomic E-state index is 0.0133. The van der Waals surface area contributed by atoms with E-state index in [0.717, 1.165) is 0 Å². The van der Waals surface area contributed by atoms with E-state index in [2.05, 4.69) is 16.0 Å². The van der Waals surface area contributed by atoms with Gasteiger partial charge in [0.05, 0.1) is 12.6 Å². The molecule has 4 amide bonds. The van der Waals surface area contributed by atoms with Crippen molar-refractivity contribution < 1.29 is 34.2 Å². The summed E-state index contributed by atoms with van der Waals surface area (Å²) < 4.78 is 0. The number of phenols is 1. The van der Waals surface area contributed by atoms with Crippen LogP contribution < -0.4 is 27.4 Å². The molecule has 12 nitrogen and oxygen atoms in total. The van der Waals surface area contributed by atoms with Crippen molar-refractivity contribution in [3.05, 3.63) is 65.7 Å². The number of amides is 4. The van der Waals surface area contributed by atoms with Gasteiger partial charge in [0.15, 0.2) is 0 Å². The molecule has 37 heavy (non-hydrogen) atoms. The molecule has 12 heteroatoms. The number of nitrogens with two attached hydrogens (primary N) is 2. The molecule has 0 saturated heterocycles. The maximum absolute atomic E-state index is 13.1. The summed E-state index contributed by atoms with van der Waals surface area (Å²) in [5.41, 5.74) is 12.0. The van der Waals surface area contributed by atoms with E-state index in [-0.39, 0.29) is 31.4 Å². The molecule has 0 aliphatic heterocycles. The number of primary amides is 1. The van der Waals surface area contributed by atoms with Crippen molar-refractivity contribution in [2.45, 2.75) is 43.8 Å². The number of benzene rings is 2. The third kappa shape index (κ3) is 10.4. The number of carboxylic acids is 1. The van der Waals surface area contributed by atoms with Gasteiger partial charge in [0.2, 0.25) is 23.6 Å². The summed E-state index contributed by atoms with van der Waals surface area (Å²) in [7, 11) is 0. The van der Waals surface area contributed by atoms with Crippen LogP contribution >= 0.6 is 0 Å². The van der Waals surface area contributed by atoms with E-state index in [0.29, 0.717) is 11.1 Å². The van der Waals surface area contributed by atoms with Crippen LogP contribution in [0.25, 0.3) is 0 Å². The van der Waals surface area contributed by atoms with Gasteiger partial charge < -0.3 is 37.6 Å². The Morgan fingerprint density at radius 1 is 0.811 bits per heavy atom. The molecule has 0 aromatic heterocycles. The standard InChI is InChI=1S/C25H31N5O7/c26-18(10-11-21(27)32)23(34)28-14-22(33)29-19(12-15-4-2-1-3-5-15)24(35)30-20(25(36)37)13-16-6-8-17(31)9-7-16/h1-9,18-20,31H,10-14,26H2,(H2,27,32)(H,28,34)(H,29,33)(H,30,35)(H,36,37). The molecule has 0 radical (unpaired) electrons. The number of carbonyl (C=O) groups excluding carboxylic acids is 4. The van der Waals surface area contributed by atoms with Gasteiger partial charge in [-0.05, 0) is 29.7 Å². The summed E-state index contributed by atoms with van der Waals surface area (Å²) in [4.78, 5) is 60.3. The van der Waals surface area contributed by atoms with Gasteiger partial charge in [-0.25, -0.2) is 4.79 Å². The number of aromatic hydroxyl groups is 1. The molecule has 2 aromatic rings. The van der Waals surface area contributed by atoms with Crippen molar-refractivity contribution in [2.75, 3.05) is 6.54 Å². The van der Waals surface area contributed by atoms with Crippen LogP contribution in [-0.4, -0.2) is 64.5 Å². The second kappa shape index (κ2) is 14.2. The Kier molecular flexibility index (Phi) is 11.0. The van der Waals surface area contributed by atoms with E-state index in [1.807, 2.05) is 0 Å². The molecule has 0 heterocycles. The summed E-state index contributed by atoms with van der Waals surface area (Å²) in [6, 6.07) is 11.2. The van der Waals surface area contributed by atoms with E-state index in [9.17, 15) is 34.2 Å². The normalized spacial score (nSPS) is 13.0. The molecule has 0 fully saturated rings. The number of carboxylic acid groups (broad SMARTS) is 1. The highest BCUT2D eigenvalue weighted by Gasteiger charge is 2.27. The van der Waals surface area contributed by atoms with Crippen LogP contribution in [0.4, 0.5) is 0 Å². The van der Waals surface area contributed by atoms with Crippen LogP contribution in [0.5, 0.6) is 5.75 Å². The number of carbonyl (C=O) groups is 5. The largest absolute Gasteiger partial charge is 0.508 e. The van der Waals surface area contributed by atoms with Crippen LogP contribution in [0.15, 0.2) is 54.6 Å². The highest BCUT2D eigenvalue weighted by molar-refractivity contribution is 5.92. The Labute approximate surface area is 213 Å². The molecule has 2 aromatic carbocycles. The van der Waals surface area contributed by atoms with E-state index >= 15 is 0 Å². The summed E-state index contributed by atoms with van der Waals surface area (Å²) in [6.45, 7) is -0.489. The molecule has 0 aliphatic rings. The number of hydrogen-bond donors (Lipinski definition) is 7. The maximum atomic E-state index is 13.1. The van der Waals surface area contributed by atoms with Crippen molar-refractivity contribution in [1.82, 2.24) is 16.0 Å². The zero-order valence-electron chi connectivity index (χ0n) is 20.1. The number of hydrogen-bond acceptors (Lipinski definition) is 7. The lowest BCUT2D eigenvalue weighted by atomic mass is 10.0. The van der Waals surface area contributed by atoms with Gasteiger partial charge in [-0.3, -0.25) is 19.2 Å². The Hall–Kier alpha value is -4.45. The average Bonchev–Trinajstić information content (AvgIpc) is 2.86. The van der Waals surface area contributed by atoms with Crippen LogP contribution in [0, 0.1) is 0 Å². The van der Waals surface area contributed by atoms with E-state index in [1.165, 1.54) is 24.3 Å². The van der Waals surface area contributed by atoms with Crippen molar-refractivity contribution >= 4 is 29.6 Å². The minimum Gasteiger partial charge on any atom is -0.508 e. The fourth-order valence-corrected chi connectivity index (χ4v) is 3.37. The van der Waals surface area contributed by atoms with Crippen LogP contribution in [-0.2, 0) is 36.8 Å². The first-order valence-corrected chi connectivity index (χ1v) is 11.5. The average molecular weight is 514 g/mol. The Bertz CT molecular complexity index is 1090. The number of rotatable bonds is 14. The first-order valence-electron chi connectivity index (χ1n) is 11.5. The predicted octanol–water partition coefficient (Wildman–Crippen LogP) is -1.06. The highest BCUT2D eigenvalue weighted by atomic mass is 16.4. The summed E-state index contributed by atoms with van der Waals surface area (Å²) >= 11 is 0. The van der Waals surface area contributed by atoms with Crippen molar-refractivity contribution in [3.63, 3.8) is 0 Å². The van der Waals surface area contributed by atoms with Crippen molar-refractivity contribution in [2.24, 2.45) is 11.5 Å². The monoisotopic (exact) mass is 513 g/mol. The van der Waals surface area contributed by atoms with E-state index < -0.39 is 54.3 Å². The molecule has 0 bridgehead atoms. The van der Waals surface area contributed by atoms with Gasteiger partial charge in [0.25, 0.3) is 0 Å². The van der Waals surface area contributed by atoms with Crippen molar-refractivity contribution in [3.8, 4) is 5.75 Å². The predicted molar refractivity (Wildman–Crippen MR) is 133 cm³/mol. The second-order valence-corrected chi connectivity index (χ2v) is 8.41. The Morgan fingerprint density at radius 3 is 2.00 bits per heavy atom. The lowest BCUT2D eigenvalue weighted by Gasteiger charge is -2.22. The van der Waals surface area contributed by atoms with E-state index in [4.69, 9.17) is 11.5 Å². The van der Waals surface area contributed by atoms with E-state index in [1.54, 1.807) is 30.3 Å². The lowest BCUT2D eigenvalue weighted by molar-refractivity contribution is -0.142. The summed E-state index contributed by atoms with van der Waals surface area (Å²) in [5, 5.41) is 26.4. The van der Waals surface area contributed by atoms with Crippen LogP contribution in [0.3, 0.4) is 0 Å². The number of nitrogens with one attached hydrogen (secondary N) is 3. The Morgan fingerprint density at radius 2 is 1.41 bits per heavy atom. The smallest absolute Gasteiger partial charge is 0.326 e. The number of phenolic OH excluding ortho intramolecular Hbond substituents is 1. The first-order chi connectivity index (χ1) is 17.5. The molecule has 198 valence electrons. The summed E-state index contributed by atoms with van der Waals surface area (Å²) in [6.07, 6.45) is -0.0585. The molecule has 0 aliphatic carbocycles. The SMILES string of the molecule is NC(=O)CCC(N)C(=O)NCC(=O)NC(Cc1ccccc1)C(=O)NC(Cc1ccc(O)cc1)C(=O)O. The van der Waals surface area contributed by atoms with Gasteiger partial charge >= 0.3 is 5.97 Å². The molecular weight excluding hydrogens is 482 g/mol. The van der Waals surface area contributed by atoms with Crippen LogP contribution in [0.2, 0.25) is 0 Å². The summed E-state index contributed by atoms with van der Waals surface area (Å²) in [5.74, 6) is -3.96. The van der Waals surface area contributed by atoms with Crippen LogP contribution in [0.1, 0.15) is 24.0 Å². The van der Waals surface area contributed by atoms with Gasteiger partial charge in [-0.15, -0.1) is 0 Å². The van der Waals surface area contributed by atoms with Gasteiger partial charge in [0, 0.05) is 19.3 Å². The van der Waals surface area contributed by atoms with Gasteiger partial charge in [0.1, 0.15) is 17.8 Å². The zero-order valence-corrected chi connectivity index (χ0v) is 20.1. The fraction of sp³-hybridized carbons (Fsp3) is 0.320. The topological polar surface area (TPSA) is 214 Å². The molecule has 2 rings (SSSR count). The third-order valence-corrected chi connectivity index (χ3v) is 5.39. The highest BCUT2D eigenvalue weighted by Crippen LogP contribution is 2.12. The fourth-order valence-electron chi connectivity index (χ4n) is 3.37. The number of aliphatic carboxylic acids is 1. The quantitative estimate of drug-likeness (QED) is 0.165. The Balaban J connectivity index is 2.06. The second-order valence-electron chi connectivity index (χ2n) is 8.41. The minimum atomic E-state index is -1.30. The molecule has 3 unspecified atom stereocenters. The van der Waals surface area contributed by atoms with Crippen molar-refractivity contribution in [1.29, 1.82) is 0 Å². The zero-order chi connectivity index (χ0) is 27.4. The van der Waals surface area contributed by atoms with Gasteiger partial charge in [-0.1, -0.05) is 42.5 Å². The molecule has 3 atom stereocenters. The lowest BCUT2D eigenvalue weighted by Crippen LogP contribution is -2.54. The molecular formula is C25H31N5O7. The molecule has 0 spiro atoms. The first kappa shape index (κ1) is 28.8. The maximum Gasteiger partial charge on any atom is 0.326 e. The van der Waals surface area contributed by atoms with Gasteiger partial charge in [-0.2, -0.15) is 0 Å². The molecule has 0 saturated carbocycles.